The molecule has 0 bridgehead atoms. The van der Waals surface area contributed by atoms with Gasteiger partial charge in [0.15, 0.2) is 5.75 Å². The molecule has 164 valence electrons. The number of rotatable bonds is 9. The molecule has 0 aromatic carbocycles. The van der Waals surface area contributed by atoms with Crippen molar-refractivity contribution in [2.45, 2.75) is 39.2 Å². The van der Waals surface area contributed by atoms with Crippen LogP contribution < -0.4 is 14.4 Å². The number of urea groups is 1. The lowest BCUT2D eigenvalue weighted by atomic mass is 10.1. The molecule has 31 heavy (non-hydrogen) atoms. The normalized spacial score (nSPS) is 14.3. The molecule has 1 N–H and O–H groups in total. The van der Waals surface area contributed by atoms with E-state index >= 15 is 0 Å². The highest BCUT2D eigenvalue weighted by molar-refractivity contribution is 5.92. The van der Waals surface area contributed by atoms with E-state index in [1.54, 1.807) is 18.2 Å². The Morgan fingerprint density at radius 3 is 2.90 bits per heavy atom. The number of nitrogens with one attached hydrogen (secondary N) is 1. The number of aromatic amines is 1. The number of hydrogen-bond acceptors (Lipinski definition) is 5. The number of hydrogen-bond donors (Lipinski definition) is 1. The van der Waals surface area contributed by atoms with Crippen LogP contribution in [0.4, 0.5) is 10.6 Å². The first kappa shape index (κ1) is 21.0. The summed E-state index contributed by atoms with van der Waals surface area (Å²) in [5.41, 5.74) is 1.91. The van der Waals surface area contributed by atoms with Crippen LogP contribution in [-0.2, 0) is 6.54 Å². The van der Waals surface area contributed by atoms with Gasteiger partial charge in [0.05, 0.1) is 13.7 Å². The molecule has 0 unspecified atom stereocenters. The summed E-state index contributed by atoms with van der Waals surface area (Å²) in [6.45, 7) is 4.60. The number of H-pyrrole nitrogens is 1. The van der Waals surface area contributed by atoms with E-state index in [9.17, 15) is 4.79 Å². The van der Waals surface area contributed by atoms with Crippen LogP contribution in [-0.4, -0.2) is 52.7 Å². The quantitative estimate of drug-likeness (QED) is 0.517. The standard InChI is InChI=1S/C23H29N5O3/c1-3-4-5-15-31-22-19(30-2)7-8-20(26-22)28-14-6-13-27(23(28)29)16-17-9-11-24-21-18(17)10-12-25-21/h7-12H,3-6,13-16H2,1-2H3,(H,24,25). The van der Waals surface area contributed by atoms with Crippen molar-refractivity contribution in [1.29, 1.82) is 0 Å². The molecule has 0 atom stereocenters. The lowest BCUT2D eigenvalue weighted by molar-refractivity contribution is 0.192. The Hall–Kier alpha value is -3.29. The van der Waals surface area contributed by atoms with Crippen LogP contribution in [0.3, 0.4) is 0 Å². The van der Waals surface area contributed by atoms with Crippen LogP contribution in [0.15, 0.2) is 36.7 Å². The minimum atomic E-state index is -0.0543. The van der Waals surface area contributed by atoms with Gasteiger partial charge < -0.3 is 19.4 Å². The van der Waals surface area contributed by atoms with Crippen molar-refractivity contribution in [3.63, 3.8) is 0 Å². The first-order valence-corrected chi connectivity index (χ1v) is 10.9. The number of pyridine rings is 2. The second-order valence-electron chi connectivity index (χ2n) is 7.65. The average Bonchev–Trinajstić information content (AvgIpc) is 3.28. The predicted molar refractivity (Wildman–Crippen MR) is 120 cm³/mol. The number of anilines is 1. The van der Waals surface area contributed by atoms with E-state index in [2.05, 4.69) is 21.9 Å². The third-order valence-electron chi connectivity index (χ3n) is 5.52. The number of nitrogens with zero attached hydrogens (tertiary/aromatic N) is 4. The Kier molecular flexibility index (Phi) is 6.54. The number of methoxy groups -OCH3 is 1. The van der Waals surface area contributed by atoms with Crippen molar-refractivity contribution in [2.75, 3.05) is 31.7 Å². The molecule has 1 fully saturated rings. The molecule has 1 saturated heterocycles. The molecule has 2 amide bonds. The summed E-state index contributed by atoms with van der Waals surface area (Å²) in [6.07, 6.45) is 7.70. The van der Waals surface area contributed by atoms with Crippen molar-refractivity contribution in [1.82, 2.24) is 19.9 Å². The zero-order valence-corrected chi connectivity index (χ0v) is 18.1. The fraction of sp³-hybridized carbons (Fsp3) is 0.435. The molecule has 8 nitrogen and oxygen atoms in total. The van der Waals surface area contributed by atoms with Gasteiger partial charge in [0.1, 0.15) is 11.5 Å². The number of amides is 2. The molecule has 3 aromatic heterocycles. The van der Waals surface area contributed by atoms with Gasteiger partial charge in [-0.2, -0.15) is 4.98 Å². The first-order valence-electron chi connectivity index (χ1n) is 10.9. The summed E-state index contributed by atoms with van der Waals surface area (Å²) < 4.78 is 11.3. The van der Waals surface area contributed by atoms with E-state index in [0.29, 0.717) is 43.7 Å². The second kappa shape index (κ2) is 9.68. The molecular weight excluding hydrogens is 394 g/mol. The Bertz CT molecular complexity index is 1030. The molecule has 0 saturated carbocycles. The van der Waals surface area contributed by atoms with Gasteiger partial charge in [0.2, 0.25) is 0 Å². The summed E-state index contributed by atoms with van der Waals surface area (Å²) in [4.78, 5) is 28.9. The van der Waals surface area contributed by atoms with Gasteiger partial charge in [0.25, 0.3) is 5.88 Å². The van der Waals surface area contributed by atoms with Gasteiger partial charge in [-0.3, -0.25) is 4.90 Å². The lowest BCUT2D eigenvalue weighted by Gasteiger charge is -2.35. The highest BCUT2D eigenvalue weighted by Gasteiger charge is 2.29. The van der Waals surface area contributed by atoms with Crippen LogP contribution in [0, 0.1) is 0 Å². The van der Waals surface area contributed by atoms with Crippen LogP contribution in [0.2, 0.25) is 0 Å². The van der Waals surface area contributed by atoms with E-state index in [4.69, 9.17) is 9.47 Å². The van der Waals surface area contributed by atoms with E-state index < -0.39 is 0 Å². The molecule has 0 radical (unpaired) electrons. The van der Waals surface area contributed by atoms with Crippen LogP contribution >= 0.6 is 0 Å². The number of carbonyl (C=O) groups is 1. The summed E-state index contributed by atoms with van der Waals surface area (Å²) >= 11 is 0. The Labute approximate surface area is 182 Å². The average molecular weight is 424 g/mol. The van der Waals surface area contributed by atoms with Gasteiger partial charge in [-0.25, -0.2) is 9.78 Å². The zero-order valence-electron chi connectivity index (χ0n) is 18.1. The summed E-state index contributed by atoms with van der Waals surface area (Å²) in [7, 11) is 1.60. The molecule has 4 rings (SSSR count). The maximum atomic E-state index is 13.3. The minimum Gasteiger partial charge on any atom is -0.491 e. The smallest absolute Gasteiger partial charge is 0.325 e. The molecule has 0 spiro atoms. The lowest BCUT2D eigenvalue weighted by Crippen LogP contribution is -2.49. The van der Waals surface area contributed by atoms with Gasteiger partial charge >= 0.3 is 6.03 Å². The largest absolute Gasteiger partial charge is 0.491 e. The van der Waals surface area contributed by atoms with Crippen LogP contribution in [0.5, 0.6) is 11.6 Å². The highest BCUT2D eigenvalue weighted by atomic mass is 16.5. The molecule has 8 heteroatoms. The zero-order chi connectivity index (χ0) is 21.6. The summed E-state index contributed by atoms with van der Waals surface area (Å²) in [6, 6.07) is 7.54. The maximum Gasteiger partial charge on any atom is 0.325 e. The van der Waals surface area contributed by atoms with Crippen molar-refractivity contribution in [2.24, 2.45) is 0 Å². The summed E-state index contributed by atoms with van der Waals surface area (Å²) in [5, 5.41) is 1.04. The van der Waals surface area contributed by atoms with E-state index in [0.717, 1.165) is 42.3 Å². The first-order chi connectivity index (χ1) is 15.2. The maximum absolute atomic E-state index is 13.3. The van der Waals surface area contributed by atoms with Crippen LogP contribution in [0.1, 0.15) is 38.2 Å². The number of fused-ring (bicyclic) bond motifs is 1. The monoisotopic (exact) mass is 423 g/mol. The molecule has 1 aliphatic rings. The minimum absolute atomic E-state index is 0.0543. The van der Waals surface area contributed by atoms with E-state index in [1.165, 1.54) is 0 Å². The van der Waals surface area contributed by atoms with Gasteiger partial charge in [-0.1, -0.05) is 19.8 Å². The SMILES string of the molecule is CCCCCOc1nc(N2CCCN(Cc3ccnc4[nH]ccc34)C2=O)ccc1OC. The highest BCUT2D eigenvalue weighted by Crippen LogP contribution is 2.30. The van der Waals surface area contributed by atoms with Crippen molar-refractivity contribution in [3.05, 3.63) is 42.2 Å². The fourth-order valence-corrected chi connectivity index (χ4v) is 3.85. The van der Waals surface area contributed by atoms with Crippen molar-refractivity contribution in [3.8, 4) is 11.6 Å². The van der Waals surface area contributed by atoms with Gasteiger partial charge in [-0.15, -0.1) is 0 Å². The predicted octanol–water partition coefficient (Wildman–Crippen LogP) is 4.37. The van der Waals surface area contributed by atoms with Gasteiger partial charge in [0, 0.05) is 37.4 Å². The molecular formula is C23H29N5O3. The number of ether oxygens (including phenoxy) is 2. The Balaban J connectivity index is 1.51. The molecule has 0 aliphatic carbocycles. The van der Waals surface area contributed by atoms with Crippen LogP contribution in [0.25, 0.3) is 11.0 Å². The number of carbonyl (C=O) groups excluding carboxylic acids is 1. The molecule has 4 heterocycles. The fourth-order valence-electron chi connectivity index (χ4n) is 3.85. The Morgan fingerprint density at radius 2 is 2.06 bits per heavy atom. The second-order valence-corrected chi connectivity index (χ2v) is 7.65. The Morgan fingerprint density at radius 1 is 1.16 bits per heavy atom. The molecule has 3 aromatic rings. The molecule has 1 aliphatic heterocycles. The van der Waals surface area contributed by atoms with E-state index in [1.807, 2.05) is 35.4 Å². The topological polar surface area (TPSA) is 83.6 Å². The summed E-state index contributed by atoms with van der Waals surface area (Å²) in [5.74, 6) is 1.60. The van der Waals surface area contributed by atoms with Gasteiger partial charge in [-0.05, 0) is 42.7 Å². The third-order valence-corrected chi connectivity index (χ3v) is 5.52. The van der Waals surface area contributed by atoms with Crippen molar-refractivity contribution >= 4 is 22.9 Å². The number of unbranched alkanes of at least 4 members (excludes halogenated alkanes) is 2. The van der Waals surface area contributed by atoms with Crippen molar-refractivity contribution < 1.29 is 14.3 Å². The third kappa shape index (κ3) is 4.57. The number of aromatic nitrogens is 3. The van der Waals surface area contributed by atoms with E-state index in [-0.39, 0.29) is 6.03 Å².